The molecule has 0 unspecified atom stereocenters. The van der Waals surface area contributed by atoms with Gasteiger partial charge >= 0.3 is 0 Å². The van der Waals surface area contributed by atoms with Crippen molar-refractivity contribution in [1.82, 2.24) is 4.57 Å². The first kappa shape index (κ1) is 14.2. The van der Waals surface area contributed by atoms with E-state index in [1.165, 1.54) is 17.6 Å². The first-order valence-electron chi connectivity index (χ1n) is 5.67. The van der Waals surface area contributed by atoms with E-state index in [0.29, 0.717) is 25.1 Å². The van der Waals surface area contributed by atoms with Crippen LogP contribution in [0.25, 0.3) is 0 Å². The zero-order chi connectivity index (χ0) is 13.7. The highest BCUT2D eigenvalue weighted by molar-refractivity contribution is 5.89. The molecule has 0 bridgehead atoms. The Morgan fingerprint density at radius 2 is 2.22 bits per heavy atom. The van der Waals surface area contributed by atoms with Gasteiger partial charge in [0.1, 0.15) is 5.69 Å². The summed E-state index contributed by atoms with van der Waals surface area (Å²) in [6, 6.07) is 1.46. The van der Waals surface area contributed by atoms with Crippen LogP contribution in [0.15, 0.2) is 10.9 Å². The molecule has 1 amide bonds. The topological polar surface area (TPSA) is 80.6 Å². The van der Waals surface area contributed by atoms with E-state index in [4.69, 9.17) is 4.74 Å². The van der Waals surface area contributed by atoms with E-state index in [9.17, 15) is 14.7 Å². The molecule has 0 aliphatic rings. The molecule has 1 aromatic heterocycles. The number of methoxy groups -OCH3 is 1. The van der Waals surface area contributed by atoms with E-state index >= 15 is 0 Å². The second-order valence-electron chi connectivity index (χ2n) is 4.04. The first-order chi connectivity index (χ1) is 8.47. The van der Waals surface area contributed by atoms with E-state index in [-0.39, 0.29) is 17.5 Å². The summed E-state index contributed by atoms with van der Waals surface area (Å²) in [5.41, 5.74) is 0.340. The molecule has 0 aliphatic carbocycles. The number of carbonyl (C=O) groups excluding carboxylic acids is 1. The van der Waals surface area contributed by atoms with Crippen molar-refractivity contribution in [3.05, 3.63) is 22.0 Å². The third-order valence-corrected chi connectivity index (χ3v) is 2.51. The highest BCUT2D eigenvalue weighted by Gasteiger charge is 2.12. The molecule has 100 valence electrons. The minimum Gasteiger partial charge on any atom is -0.494 e. The number of pyridine rings is 1. The van der Waals surface area contributed by atoms with Crippen LogP contribution in [0.5, 0.6) is 5.88 Å². The van der Waals surface area contributed by atoms with Crippen molar-refractivity contribution >= 4 is 11.6 Å². The van der Waals surface area contributed by atoms with Crippen molar-refractivity contribution in [2.75, 3.05) is 19.0 Å². The molecule has 0 aliphatic heterocycles. The monoisotopic (exact) mass is 254 g/mol. The van der Waals surface area contributed by atoms with Crippen molar-refractivity contribution in [2.45, 2.75) is 26.8 Å². The minimum atomic E-state index is -0.404. The van der Waals surface area contributed by atoms with Crippen LogP contribution < -0.4 is 10.9 Å². The van der Waals surface area contributed by atoms with E-state index in [1.807, 2.05) is 0 Å². The maximum absolute atomic E-state index is 12.1. The molecule has 0 aromatic carbocycles. The predicted molar refractivity (Wildman–Crippen MR) is 67.9 cm³/mol. The second kappa shape index (κ2) is 6.20. The van der Waals surface area contributed by atoms with Gasteiger partial charge in [-0.1, -0.05) is 0 Å². The number of aromatic hydroxyl groups is 1. The van der Waals surface area contributed by atoms with E-state index in [2.05, 4.69) is 5.32 Å². The molecule has 0 fully saturated rings. The molecule has 1 heterocycles. The lowest BCUT2D eigenvalue weighted by Crippen LogP contribution is -2.26. The third-order valence-electron chi connectivity index (χ3n) is 2.51. The Kier molecular flexibility index (Phi) is 4.91. The van der Waals surface area contributed by atoms with Crippen LogP contribution in [0, 0.1) is 6.92 Å². The van der Waals surface area contributed by atoms with Gasteiger partial charge in [-0.2, -0.15) is 0 Å². The van der Waals surface area contributed by atoms with Crippen molar-refractivity contribution in [3.8, 4) is 5.88 Å². The fourth-order valence-corrected chi connectivity index (χ4v) is 1.66. The number of nitrogens with one attached hydrogen (secondary N) is 1. The standard InChI is InChI=1S/C12H18N2O4/c1-8-7-10(16)14(5-4-6-18-3)12(17)11(8)13-9(2)15/h7,16H,4-6H2,1-3H3,(H,13,15). The number of carbonyl (C=O) groups is 1. The lowest BCUT2D eigenvalue weighted by atomic mass is 10.2. The fourth-order valence-electron chi connectivity index (χ4n) is 1.66. The summed E-state index contributed by atoms with van der Waals surface area (Å²) in [6.45, 7) is 3.83. The molecule has 0 spiro atoms. The third kappa shape index (κ3) is 3.33. The highest BCUT2D eigenvalue weighted by Crippen LogP contribution is 2.16. The van der Waals surface area contributed by atoms with Crippen molar-refractivity contribution in [1.29, 1.82) is 0 Å². The second-order valence-corrected chi connectivity index (χ2v) is 4.04. The lowest BCUT2D eigenvalue weighted by molar-refractivity contribution is -0.114. The number of hydrogen-bond acceptors (Lipinski definition) is 4. The normalized spacial score (nSPS) is 10.4. The zero-order valence-corrected chi connectivity index (χ0v) is 10.8. The van der Waals surface area contributed by atoms with Crippen molar-refractivity contribution in [3.63, 3.8) is 0 Å². The van der Waals surface area contributed by atoms with Gasteiger partial charge in [0.25, 0.3) is 5.56 Å². The van der Waals surface area contributed by atoms with Crippen LogP contribution in [-0.4, -0.2) is 29.3 Å². The van der Waals surface area contributed by atoms with Gasteiger partial charge in [-0.25, -0.2) is 0 Å². The number of ether oxygens (including phenoxy) is 1. The molecule has 0 radical (unpaired) electrons. The number of amides is 1. The first-order valence-corrected chi connectivity index (χ1v) is 5.67. The molecule has 0 saturated carbocycles. The summed E-state index contributed by atoms with van der Waals surface area (Å²) in [5.74, 6) is -0.424. The molecule has 6 heteroatoms. The molecule has 18 heavy (non-hydrogen) atoms. The van der Waals surface area contributed by atoms with Crippen molar-refractivity contribution < 1.29 is 14.6 Å². The Bertz CT molecular complexity index is 494. The van der Waals surface area contributed by atoms with Crippen molar-refractivity contribution in [2.24, 2.45) is 0 Å². The van der Waals surface area contributed by atoms with Crippen LogP contribution in [0.2, 0.25) is 0 Å². The molecule has 0 atom stereocenters. The summed E-state index contributed by atoms with van der Waals surface area (Å²) in [7, 11) is 1.57. The lowest BCUT2D eigenvalue weighted by Gasteiger charge is -2.13. The smallest absolute Gasteiger partial charge is 0.277 e. The Morgan fingerprint density at radius 1 is 1.56 bits per heavy atom. The largest absolute Gasteiger partial charge is 0.494 e. The maximum atomic E-state index is 12.1. The summed E-state index contributed by atoms with van der Waals surface area (Å²) in [6.07, 6.45) is 0.604. The van der Waals surface area contributed by atoms with Gasteiger partial charge in [0.15, 0.2) is 5.88 Å². The fraction of sp³-hybridized carbons (Fsp3) is 0.500. The highest BCUT2D eigenvalue weighted by atomic mass is 16.5. The average molecular weight is 254 g/mol. The Morgan fingerprint density at radius 3 is 2.78 bits per heavy atom. The van der Waals surface area contributed by atoms with Crippen LogP contribution in [0.1, 0.15) is 18.9 Å². The Balaban J connectivity index is 3.10. The SMILES string of the molecule is COCCCn1c(O)cc(C)c(NC(C)=O)c1=O. The number of nitrogens with zero attached hydrogens (tertiary/aromatic N) is 1. The Hall–Kier alpha value is -1.82. The van der Waals surface area contributed by atoms with Crippen LogP contribution in [-0.2, 0) is 16.1 Å². The number of aromatic nitrogens is 1. The van der Waals surface area contributed by atoms with Crippen LogP contribution in [0.4, 0.5) is 5.69 Å². The molecule has 6 nitrogen and oxygen atoms in total. The van der Waals surface area contributed by atoms with E-state index in [0.717, 1.165) is 0 Å². The summed E-state index contributed by atoms with van der Waals surface area (Å²) >= 11 is 0. The van der Waals surface area contributed by atoms with E-state index in [1.54, 1.807) is 14.0 Å². The number of anilines is 1. The van der Waals surface area contributed by atoms with Gasteiger partial charge in [0.2, 0.25) is 5.91 Å². The molecule has 0 saturated heterocycles. The van der Waals surface area contributed by atoms with Gasteiger partial charge < -0.3 is 15.2 Å². The Labute approximate surface area is 105 Å². The molecule has 1 aromatic rings. The quantitative estimate of drug-likeness (QED) is 0.764. The number of aryl methyl sites for hydroxylation is 1. The summed E-state index contributed by atoms with van der Waals surface area (Å²) < 4.78 is 6.11. The van der Waals surface area contributed by atoms with Crippen LogP contribution in [0.3, 0.4) is 0 Å². The number of rotatable bonds is 5. The zero-order valence-electron chi connectivity index (χ0n) is 10.8. The predicted octanol–water partition coefficient (Wildman–Crippen LogP) is 0.857. The van der Waals surface area contributed by atoms with E-state index < -0.39 is 5.56 Å². The maximum Gasteiger partial charge on any atom is 0.277 e. The van der Waals surface area contributed by atoms with Crippen LogP contribution >= 0.6 is 0 Å². The summed E-state index contributed by atoms with van der Waals surface area (Å²) in [5, 5.41) is 12.2. The molecule has 2 N–H and O–H groups in total. The molecular formula is C12H18N2O4. The van der Waals surface area contributed by atoms with Gasteiger partial charge in [0, 0.05) is 33.3 Å². The molecule has 1 rings (SSSR count). The van der Waals surface area contributed by atoms with Gasteiger partial charge in [0.05, 0.1) is 0 Å². The molecular weight excluding hydrogens is 236 g/mol. The van der Waals surface area contributed by atoms with Gasteiger partial charge in [-0.3, -0.25) is 14.2 Å². The van der Waals surface area contributed by atoms with Gasteiger partial charge in [-0.15, -0.1) is 0 Å². The average Bonchev–Trinajstić information content (AvgIpc) is 2.28. The summed E-state index contributed by atoms with van der Waals surface area (Å²) in [4.78, 5) is 23.1. The number of hydrogen-bond donors (Lipinski definition) is 2. The minimum absolute atomic E-state index is 0.109. The van der Waals surface area contributed by atoms with Gasteiger partial charge in [-0.05, 0) is 18.9 Å².